The lowest BCUT2D eigenvalue weighted by molar-refractivity contribution is 0.102. The molecule has 0 atom stereocenters. The summed E-state index contributed by atoms with van der Waals surface area (Å²) in [4.78, 5) is 42.9. The number of aryl methyl sites for hydroxylation is 1. The number of carbonyl (C=O) groups excluding carboxylic acids is 1. The van der Waals surface area contributed by atoms with Crippen LogP contribution in [0, 0.1) is 0 Å². The molecule has 1 N–H and O–H groups in total. The fourth-order valence-corrected chi connectivity index (χ4v) is 3.36. The van der Waals surface area contributed by atoms with Gasteiger partial charge in [0, 0.05) is 19.2 Å². The summed E-state index contributed by atoms with van der Waals surface area (Å²) in [7, 11) is 1.54. The van der Waals surface area contributed by atoms with E-state index in [4.69, 9.17) is 0 Å². The van der Waals surface area contributed by atoms with Crippen LogP contribution in [0.15, 0.2) is 57.7 Å². The Morgan fingerprint density at radius 3 is 2.72 bits per heavy atom. The van der Waals surface area contributed by atoms with E-state index in [1.165, 1.54) is 23.4 Å². The summed E-state index contributed by atoms with van der Waals surface area (Å²) in [6.07, 6.45) is 1.63. The molecule has 0 amide bonds. The van der Waals surface area contributed by atoms with Crippen LogP contribution < -0.4 is 11.2 Å². The summed E-state index contributed by atoms with van der Waals surface area (Å²) in [6, 6.07) is 8.97. The topological polar surface area (TPSA) is 89.8 Å². The van der Waals surface area contributed by atoms with Gasteiger partial charge in [-0.1, -0.05) is 48.2 Å². The summed E-state index contributed by atoms with van der Waals surface area (Å²) >= 11 is 1.23. The molecule has 0 radical (unpaired) electrons. The summed E-state index contributed by atoms with van der Waals surface area (Å²) in [5.41, 5.74) is 0.153. The number of fused-ring (bicyclic) bond motifs is 1. The van der Waals surface area contributed by atoms with Gasteiger partial charge in [0.15, 0.2) is 22.1 Å². The number of allylic oxidation sites excluding steroid dienone is 1. The van der Waals surface area contributed by atoms with Gasteiger partial charge in [-0.25, -0.2) is 9.78 Å². The Hall–Kier alpha value is -2.87. The first-order valence-electron chi connectivity index (χ1n) is 7.54. The van der Waals surface area contributed by atoms with E-state index in [2.05, 4.69) is 16.5 Å². The van der Waals surface area contributed by atoms with Crippen LogP contribution in [0.2, 0.25) is 0 Å². The molecule has 0 bridgehead atoms. The van der Waals surface area contributed by atoms with E-state index < -0.39 is 11.2 Å². The Bertz CT molecular complexity index is 1060. The van der Waals surface area contributed by atoms with Gasteiger partial charge < -0.3 is 4.57 Å². The van der Waals surface area contributed by atoms with Crippen LogP contribution in [0.5, 0.6) is 0 Å². The average molecular weight is 356 g/mol. The maximum Gasteiger partial charge on any atom is 0.329 e. The maximum atomic E-state index is 12.3. The van der Waals surface area contributed by atoms with Crippen molar-refractivity contribution in [3.63, 3.8) is 0 Å². The zero-order chi connectivity index (χ0) is 18.0. The highest BCUT2D eigenvalue weighted by Crippen LogP contribution is 2.22. The van der Waals surface area contributed by atoms with Gasteiger partial charge in [-0.3, -0.25) is 19.1 Å². The molecule has 0 aliphatic heterocycles. The molecule has 128 valence electrons. The lowest BCUT2D eigenvalue weighted by Crippen LogP contribution is -2.29. The van der Waals surface area contributed by atoms with Crippen LogP contribution >= 0.6 is 11.8 Å². The van der Waals surface area contributed by atoms with Crippen molar-refractivity contribution in [2.45, 2.75) is 11.7 Å². The van der Waals surface area contributed by atoms with Gasteiger partial charge >= 0.3 is 5.69 Å². The van der Waals surface area contributed by atoms with Crippen molar-refractivity contribution in [2.24, 2.45) is 7.05 Å². The second-order valence-corrected chi connectivity index (χ2v) is 6.30. The van der Waals surface area contributed by atoms with Crippen molar-refractivity contribution in [1.82, 2.24) is 19.1 Å². The Morgan fingerprint density at radius 1 is 1.32 bits per heavy atom. The minimum absolute atomic E-state index is 0.0365. The van der Waals surface area contributed by atoms with E-state index in [-0.39, 0.29) is 22.7 Å². The largest absolute Gasteiger partial charge is 0.329 e. The second kappa shape index (κ2) is 6.94. The smallest absolute Gasteiger partial charge is 0.309 e. The number of aromatic amines is 1. The third kappa shape index (κ3) is 3.20. The third-order valence-corrected chi connectivity index (χ3v) is 4.69. The van der Waals surface area contributed by atoms with E-state index in [0.717, 1.165) is 0 Å². The van der Waals surface area contributed by atoms with Crippen LogP contribution in [0.25, 0.3) is 11.2 Å². The predicted molar refractivity (Wildman–Crippen MR) is 97.3 cm³/mol. The molecule has 0 aliphatic carbocycles. The van der Waals surface area contributed by atoms with Crippen LogP contribution in [0.1, 0.15) is 10.4 Å². The number of hydrogen-bond donors (Lipinski definition) is 1. The molecule has 1 aromatic carbocycles. The molecule has 2 aromatic heterocycles. The number of imidazole rings is 1. The van der Waals surface area contributed by atoms with E-state index in [1.807, 2.05) is 6.07 Å². The Kier molecular flexibility index (Phi) is 4.71. The number of nitrogens with one attached hydrogen (secondary N) is 1. The molecule has 0 fully saturated rings. The van der Waals surface area contributed by atoms with Crippen molar-refractivity contribution in [3.05, 3.63) is 69.4 Å². The van der Waals surface area contributed by atoms with Gasteiger partial charge in [-0.2, -0.15) is 0 Å². The van der Waals surface area contributed by atoms with E-state index in [9.17, 15) is 14.4 Å². The molecule has 0 saturated heterocycles. The van der Waals surface area contributed by atoms with Crippen molar-refractivity contribution in [2.75, 3.05) is 5.75 Å². The first-order chi connectivity index (χ1) is 12.0. The van der Waals surface area contributed by atoms with Crippen molar-refractivity contribution in [3.8, 4) is 0 Å². The average Bonchev–Trinajstić information content (AvgIpc) is 2.98. The lowest BCUT2D eigenvalue weighted by atomic mass is 10.2. The van der Waals surface area contributed by atoms with Crippen molar-refractivity contribution < 1.29 is 4.79 Å². The highest BCUT2D eigenvalue weighted by atomic mass is 32.2. The summed E-state index contributed by atoms with van der Waals surface area (Å²) < 4.78 is 2.93. The first kappa shape index (κ1) is 17.0. The van der Waals surface area contributed by atoms with Crippen LogP contribution in [0.4, 0.5) is 0 Å². The van der Waals surface area contributed by atoms with Gasteiger partial charge in [0.1, 0.15) is 0 Å². The number of aromatic nitrogens is 4. The number of rotatable bonds is 6. The minimum atomic E-state index is -0.530. The quantitative estimate of drug-likeness (QED) is 0.411. The molecule has 0 spiro atoms. The Balaban J connectivity index is 2.00. The zero-order valence-corrected chi connectivity index (χ0v) is 14.4. The minimum Gasteiger partial charge on any atom is -0.309 e. The monoisotopic (exact) mass is 356 g/mol. The highest BCUT2D eigenvalue weighted by molar-refractivity contribution is 7.99. The number of nitrogens with zero attached hydrogens (tertiary/aromatic N) is 3. The molecule has 25 heavy (non-hydrogen) atoms. The Labute approximate surface area is 147 Å². The summed E-state index contributed by atoms with van der Waals surface area (Å²) in [6.45, 7) is 4.04. The number of H-pyrrole nitrogens is 1. The maximum absolute atomic E-state index is 12.3. The van der Waals surface area contributed by atoms with E-state index in [1.54, 1.807) is 34.9 Å². The van der Waals surface area contributed by atoms with Crippen molar-refractivity contribution in [1.29, 1.82) is 0 Å². The van der Waals surface area contributed by atoms with Crippen LogP contribution in [-0.2, 0) is 13.6 Å². The molecule has 7 nitrogen and oxygen atoms in total. The fraction of sp³-hybridized carbons (Fsp3) is 0.176. The molecule has 8 heteroatoms. The highest BCUT2D eigenvalue weighted by Gasteiger charge is 2.18. The number of carbonyl (C=O) groups is 1. The van der Waals surface area contributed by atoms with Crippen molar-refractivity contribution >= 4 is 28.7 Å². The van der Waals surface area contributed by atoms with Gasteiger partial charge in [0.2, 0.25) is 0 Å². The predicted octanol–water partition coefficient (Wildman–Crippen LogP) is 1.58. The number of Topliss-reactive ketones (excluding diaryl/α,β-unsaturated/α-hetero) is 1. The Morgan fingerprint density at radius 2 is 2.04 bits per heavy atom. The number of ketones is 1. The van der Waals surface area contributed by atoms with Gasteiger partial charge in [0.25, 0.3) is 5.56 Å². The molecule has 3 rings (SSSR count). The molecule has 3 aromatic rings. The van der Waals surface area contributed by atoms with Gasteiger partial charge in [-0.05, 0) is 0 Å². The normalized spacial score (nSPS) is 10.9. The summed E-state index contributed by atoms with van der Waals surface area (Å²) in [5, 5.41) is 0.492. The van der Waals surface area contributed by atoms with Gasteiger partial charge in [0.05, 0.1) is 5.75 Å². The van der Waals surface area contributed by atoms with Gasteiger partial charge in [-0.15, -0.1) is 6.58 Å². The van der Waals surface area contributed by atoms with Crippen LogP contribution in [-0.4, -0.2) is 30.6 Å². The molecule has 0 saturated carbocycles. The molecular weight excluding hydrogens is 340 g/mol. The standard InChI is InChI=1S/C17H16N4O3S/c1-3-9-21-13-14(20(2)16(24)19-15(13)23)18-17(21)25-10-12(22)11-7-5-4-6-8-11/h3-8H,1,9-10H2,2H3,(H,19,23,24). The van der Waals surface area contributed by atoms with E-state index in [0.29, 0.717) is 17.3 Å². The third-order valence-electron chi connectivity index (χ3n) is 3.71. The number of thioether (sulfide) groups is 1. The SMILES string of the molecule is C=CCn1c(SCC(=O)c2ccccc2)nc2c1c(=O)[nH]c(=O)n2C. The molecule has 0 aliphatic rings. The van der Waals surface area contributed by atoms with Crippen LogP contribution in [0.3, 0.4) is 0 Å². The first-order valence-corrected chi connectivity index (χ1v) is 8.53. The molecule has 0 unspecified atom stereocenters. The van der Waals surface area contributed by atoms with E-state index >= 15 is 0 Å². The molecule has 2 heterocycles. The second-order valence-electron chi connectivity index (χ2n) is 5.36. The zero-order valence-electron chi connectivity index (χ0n) is 13.6. The number of hydrogen-bond acceptors (Lipinski definition) is 5. The fourth-order valence-electron chi connectivity index (χ4n) is 2.46. The summed E-state index contributed by atoms with van der Waals surface area (Å²) in [5.74, 6) is 0.140. The molecular formula is C17H16N4O3S. The lowest BCUT2D eigenvalue weighted by Gasteiger charge is -2.05. The number of benzene rings is 1.